The van der Waals surface area contributed by atoms with E-state index < -0.39 is 10.0 Å². The monoisotopic (exact) mass is 406 g/mol. The minimum Gasteiger partial charge on any atom is -0.224 e. The van der Waals surface area contributed by atoms with E-state index in [9.17, 15) is 18.1 Å². The van der Waals surface area contributed by atoms with E-state index in [1.165, 1.54) is 30.5 Å². The molecule has 0 bridgehead atoms. The van der Waals surface area contributed by atoms with Crippen LogP contribution in [0.5, 0.6) is 0 Å². The van der Waals surface area contributed by atoms with Crippen LogP contribution in [0.15, 0.2) is 59.6 Å². The molecule has 4 rings (SSSR count). The van der Waals surface area contributed by atoms with Crippen molar-refractivity contribution in [3.63, 3.8) is 0 Å². The summed E-state index contributed by atoms with van der Waals surface area (Å²) in [7, 11) is -3.92. The van der Waals surface area contributed by atoms with E-state index in [1.807, 2.05) is 13.0 Å². The van der Waals surface area contributed by atoms with Gasteiger partial charge in [0.05, 0.1) is 10.6 Å². The molecular weight excluding hydrogens is 391 g/mol. The molecule has 0 radical (unpaired) electrons. The normalized spacial score (nSPS) is 11.5. The number of benzene rings is 2. The lowest BCUT2D eigenvalue weighted by atomic mass is 10.1. The molecule has 0 saturated carbocycles. The highest BCUT2D eigenvalue weighted by molar-refractivity contribution is 7.90. The van der Waals surface area contributed by atoms with Gasteiger partial charge < -0.3 is 0 Å². The van der Waals surface area contributed by atoms with E-state index in [1.54, 1.807) is 31.2 Å². The maximum absolute atomic E-state index is 13.7. The molecule has 144 valence electrons. The first kappa shape index (κ1) is 18.8. The predicted molar refractivity (Wildman–Crippen MR) is 106 cm³/mol. The maximum Gasteiger partial charge on any atom is 0.269 e. The van der Waals surface area contributed by atoms with Gasteiger partial charge in [0.2, 0.25) is 5.82 Å². The second kappa shape index (κ2) is 6.79. The fourth-order valence-electron chi connectivity index (χ4n) is 3.07. The van der Waals surface area contributed by atoms with Gasteiger partial charge in [0.15, 0.2) is 5.65 Å². The molecule has 0 N–H and O–H groups in total. The number of aromatic nitrogens is 3. The molecule has 6 nitrogen and oxygen atoms in total. The smallest absolute Gasteiger partial charge is 0.224 e. The minimum atomic E-state index is -3.92. The fourth-order valence-corrected chi connectivity index (χ4v) is 4.37. The maximum atomic E-state index is 13.7. The standard InChI is InChI=1S/C21H15FN4O2S/c1-13-3-6-16(7-4-13)29(27,28)26-10-9-17-20(24-19(12-23)25-21(17)26)15-5-8-18(22)14(2)11-15/h3-11H,1-2H3. The first-order valence-electron chi connectivity index (χ1n) is 8.69. The van der Waals surface area contributed by atoms with Crippen molar-refractivity contribution in [2.45, 2.75) is 18.7 Å². The van der Waals surface area contributed by atoms with Crippen LogP contribution >= 0.6 is 0 Å². The van der Waals surface area contributed by atoms with Gasteiger partial charge in [-0.2, -0.15) is 10.2 Å². The summed E-state index contributed by atoms with van der Waals surface area (Å²) in [6.45, 7) is 3.49. The summed E-state index contributed by atoms with van der Waals surface area (Å²) >= 11 is 0. The molecule has 2 aromatic carbocycles. The molecule has 0 aliphatic carbocycles. The van der Waals surface area contributed by atoms with Crippen molar-refractivity contribution in [2.24, 2.45) is 0 Å². The lowest BCUT2D eigenvalue weighted by Crippen LogP contribution is -2.13. The summed E-state index contributed by atoms with van der Waals surface area (Å²) in [4.78, 5) is 8.47. The Morgan fingerprint density at radius 2 is 1.76 bits per heavy atom. The Bertz CT molecular complexity index is 1400. The topological polar surface area (TPSA) is 88.6 Å². The quantitative estimate of drug-likeness (QED) is 0.514. The van der Waals surface area contributed by atoms with Crippen LogP contribution in [-0.2, 0) is 10.0 Å². The summed E-state index contributed by atoms with van der Waals surface area (Å²) in [5.74, 6) is -0.535. The SMILES string of the molecule is Cc1ccc(S(=O)(=O)n2ccc3c(-c4ccc(F)c(C)c4)nc(C#N)nc32)cc1. The Morgan fingerprint density at radius 1 is 1.03 bits per heavy atom. The van der Waals surface area contributed by atoms with E-state index in [0.29, 0.717) is 22.2 Å². The van der Waals surface area contributed by atoms with Gasteiger partial charge in [-0.05, 0) is 55.8 Å². The molecule has 0 atom stereocenters. The van der Waals surface area contributed by atoms with Gasteiger partial charge in [-0.1, -0.05) is 17.7 Å². The average molecular weight is 406 g/mol. The zero-order valence-electron chi connectivity index (χ0n) is 15.6. The number of hydrogen-bond donors (Lipinski definition) is 0. The molecule has 0 amide bonds. The van der Waals surface area contributed by atoms with Gasteiger partial charge >= 0.3 is 0 Å². The van der Waals surface area contributed by atoms with Crippen LogP contribution in [0, 0.1) is 31.0 Å². The molecule has 2 aromatic heterocycles. The molecular formula is C21H15FN4O2S. The van der Waals surface area contributed by atoms with Gasteiger partial charge in [0, 0.05) is 17.1 Å². The summed E-state index contributed by atoms with van der Waals surface area (Å²) < 4.78 is 41.0. The Labute approximate surface area is 166 Å². The van der Waals surface area contributed by atoms with Crippen LogP contribution in [0.2, 0.25) is 0 Å². The van der Waals surface area contributed by atoms with Crippen LogP contribution in [0.4, 0.5) is 4.39 Å². The Hall–Kier alpha value is -3.57. The molecule has 0 unspecified atom stereocenters. The zero-order chi connectivity index (χ0) is 20.8. The Morgan fingerprint density at radius 3 is 2.41 bits per heavy atom. The largest absolute Gasteiger partial charge is 0.269 e. The number of fused-ring (bicyclic) bond motifs is 1. The molecule has 0 aliphatic heterocycles. The lowest BCUT2D eigenvalue weighted by Gasteiger charge is -2.09. The number of nitrogens with zero attached hydrogens (tertiary/aromatic N) is 4. The average Bonchev–Trinajstić information content (AvgIpc) is 3.14. The fraction of sp³-hybridized carbons (Fsp3) is 0.0952. The van der Waals surface area contributed by atoms with Crippen LogP contribution in [0.3, 0.4) is 0 Å². The molecule has 29 heavy (non-hydrogen) atoms. The van der Waals surface area contributed by atoms with Crippen molar-refractivity contribution in [3.05, 3.63) is 77.5 Å². The molecule has 0 spiro atoms. The summed E-state index contributed by atoms with van der Waals surface area (Å²) in [6, 6.07) is 14.4. The number of aryl methyl sites for hydroxylation is 2. The van der Waals surface area contributed by atoms with E-state index in [-0.39, 0.29) is 22.2 Å². The highest BCUT2D eigenvalue weighted by Crippen LogP contribution is 2.30. The van der Waals surface area contributed by atoms with Crippen LogP contribution < -0.4 is 0 Å². The summed E-state index contributed by atoms with van der Waals surface area (Å²) in [5, 5.41) is 9.80. The number of nitriles is 1. The van der Waals surface area contributed by atoms with Crippen molar-refractivity contribution in [1.29, 1.82) is 5.26 Å². The van der Waals surface area contributed by atoms with Crippen molar-refractivity contribution in [2.75, 3.05) is 0 Å². The van der Waals surface area contributed by atoms with Gasteiger partial charge in [0.25, 0.3) is 10.0 Å². The third kappa shape index (κ3) is 3.15. The number of halogens is 1. The van der Waals surface area contributed by atoms with Crippen LogP contribution in [0.1, 0.15) is 17.0 Å². The van der Waals surface area contributed by atoms with Crippen molar-refractivity contribution in [1.82, 2.24) is 13.9 Å². The second-order valence-electron chi connectivity index (χ2n) is 6.64. The van der Waals surface area contributed by atoms with Crippen molar-refractivity contribution < 1.29 is 12.8 Å². The van der Waals surface area contributed by atoms with Gasteiger partial charge in [0.1, 0.15) is 11.9 Å². The van der Waals surface area contributed by atoms with E-state index >= 15 is 0 Å². The van der Waals surface area contributed by atoms with Crippen molar-refractivity contribution in [3.8, 4) is 17.3 Å². The Balaban J connectivity index is 1.98. The summed E-state index contributed by atoms with van der Waals surface area (Å²) in [6.07, 6.45) is 1.38. The summed E-state index contributed by atoms with van der Waals surface area (Å²) in [5.41, 5.74) is 2.38. The second-order valence-corrected chi connectivity index (χ2v) is 8.45. The molecule has 4 aromatic rings. The third-order valence-electron chi connectivity index (χ3n) is 4.62. The van der Waals surface area contributed by atoms with Gasteiger partial charge in [-0.15, -0.1) is 0 Å². The van der Waals surface area contributed by atoms with Crippen LogP contribution in [0.25, 0.3) is 22.3 Å². The van der Waals surface area contributed by atoms with E-state index in [0.717, 1.165) is 9.54 Å². The number of rotatable bonds is 3. The lowest BCUT2D eigenvalue weighted by molar-refractivity contribution is 0.588. The predicted octanol–water partition coefficient (Wildman–Crippen LogP) is 3.96. The van der Waals surface area contributed by atoms with E-state index in [4.69, 9.17) is 0 Å². The Kier molecular flexibility index (Phi) is 4.40. The molecule has 0 fully saturated rings. The minimum absolute atomic E-state index is 0.0918. The first-order chi connectivity index (χ1) is 13.8. The highest BCUT2D eigenvalue weighted by atomic mass is 32.2. The van der Waals surface area contributed by atoms with Gasteiger partial charge in [-0.25, -0.2) is 21.8 Å². The third-order valence-corrected chi connectivity index (χ3v) is 6.30. The zero-order valence-corrected chi connectivity index (χ0v) is 16.4. The van der Waals surface area contributed by atoms with Gasteiger partial charge in [-0.3, -0.25) is 0 Å². The molecule has 0 aliphatic rings. The molecule has 8 heteroatoms. The highest BCUT2D eigenvalue weighted by Gasteiger charge is 2.22. The van der Waals surface area contributed by atoms with Crippen LogP contribution in [-0.4, -0.2) is 22.4 Å². The van der Waals surface area contributed by atoms with E-state index in [2.05, 4.69) is 9.97 Å². The number of hydrogen-bond acceptors (Lipinski definition) is 5. The molecule has 0 saturated heterocycles. The van der Waals surface area contributed by atoms with Crippen molar-refractivity contribution >= 4 is 21.1 Å². The first-order valence-corrected chi connectivity index (χ1v) is 10.1. The molecule has 2 heterocycles.